The lowest BCUT2D eigenvalue weighted by molar-refractivity contribution is -0.138. The lowest BCUT2D eigenvalue weighted by Crippen LogP contribution is -2.45. The van der Waals surface area contributed by atoms with E-state index in [0.717, 1.165) is 17.1 Å². The van der Waals surface area contributed by atoms with Gasteiger partial charge in [-0.25, -0.2) is 4.98 Å². The van der Waals surface area contributed by atoms with Crippen LogP contribution in [0.3, 0.4) is 0 Å². The summed E-state index contributed by atoms with van der Waals surface area (Å²) in [7, 11) is 3.47. The van der Waals surface area contributed by atoms with Crippen molar-refractivity contribution >= 4 is 11.8 Å². The largest absolute Gasteiger partial charge is 0.492 e. The van der Waals surface area contributed by atoms with Crippen LogP contribution in [0.4, 0.5) is 0 Å². The van der Waals surface area contributed by atoms with E-state index in [-0.39, 0.29) is 17.7 Å². The molecule has 1 aromatic carbocycles. The van der Waals surface area contributed by atoms with E-state index in [2.05, 4.69) is 4.98 Å². The average molecular weight is 368 g/mol. The van der Waals surface area contributed by atoms with E-state index in [1.807, 2.05) is 40.7 Å². The fourth-order valence-corrected chi connectivity index (χ4v) is 3.88. The van der Waals surface area contributed by atoms with Gasteiger partial charge in [-0.05, 0) is 25.0 Å². The molecule has 0 bridgehead atoms. The van der Waals surface area contributed by atoms with Gasteiger partial charge in [0.15, 0.2) is 0 Å². The molecular weight excluding hydrogens is 344 g/mol. The molecule has 1 aromatic heterocycles. The van der Waals surface area contributed by atoms with Crippen molar-refractivity contribution in [3.05, 3.63) is 47.0 Å². The number of para-hydroxylation sites is 1. The maximum atomic E-state index is 13.0. The van der Waals surface area contributed by atoms with Crippen LogP contribution in [0.2, 0.25) is 0 Å². The highest BCUT2D eigenvalue weighted by Crippen LogP contribution is 2.29. The minimum absolute atomic E-state index is 0.0525. The summed E-state index contributed by atoms with van der Waals surface area (Å²) in [4.78, 5) is 33.4. The van der Waals surface area contributed by atoms with Gasteiger partial charge in [0, 0.05) is 27.2 Å². The van der Waals surface area contributed by atoms with Gasteiger partial charge in [0.1, 0.15) is 23.9 Å². The SMILES string of the molecule is Cc1nc2n(c1C(=O)N(C)C)CCN(C(=O)[C@H]1COc3ccccc3C1)C2. The summed E-state index contributed by atoms with van der Waals surface area (Å²) in [6, 6.07) is 7.87. The molecular formula is C20H24N4O3. The first kappa shape index (κ1) is 17.6. The lowest BCUT2D eigenvalue weighted by atomic mass is 9.95. The number of fused-ring (bicyclic) bond motifs is 2. The average Bonchev–Trinajstić information content (AvgIpc) is 3.01. The summed E-state index contributed by atoms with van der Waals surface area (Å²) in [5, 5.41) is 0. The molecule has 142 valence electrons. The summed E-state index contributed by atoms with van der Waals surface area (Å²) in [6.45, 7) is 3.84. The third kappa shape index (κ3) is 3.07. The second-order valence-electron chi connectivity index (χ2n) is 7.39. The van der Waals surface area contributed by atoms with Crippen LogP contribution in [0.25, 0.3) is 0 Å². The molecule has 0 N–H and O–H groups in total. The zero-order valence-electron chi connectivity index (χ0n) is 15.9. The van der Waals surface area contributed by atoms with Crippen molar-refractivity contribution in [2.45, 2.75) is 26.4 Å². The molecule has 2 amide bonds. The predicted molar refractivity (Wildman–Crippen MR) is 99.5 cm³/mol. The van der Waals surface area contributed by atoms with E-state index < -0.39 is 0 Å². The van der Waals surface area contributed by atoms with E-state index in [0.29, 0.717) is 44.0 Å². The van der Waals surface area contributed by atoms with Gasteiger partial charge in [-0.2, -0.15) is 0 Å². The molecule has 2 aliphatic heterocycles. The zero-order valence-corrected chi connectivity index (χ0v) is 15.9. The molecule has 1 atom stereocenters. The lowest BCUT2D eigenvalue weighted by Gasteiger charge is -2.33. The van der Waals surface area contributed by atoms with Gasteiger partial charge in [0.2, 0.25) is 5.91 Å². The maximum Gasteiger partial charge on any atom is 0.271 e. The quantitative estimate of drug-likeness (QED) is 0.805. The molecule has 0 unspecified atom stereocenters. The van der Waals surface area contributed by atoms with Gasteiger partial charge >= 0.3 is 0 Å². The Labute approximate surface area is 158 Å². The fraction of sp³-hybridized carbons (Fsp3) is 0.450. The van der Waals surface area contributed by atoms with Gasteiger partial charge in [-0.3, -0.25) is 9.59 Å². The number of aromatic nitrogens is 2. The topological polar surface area (TPSA) is 67.7 Å². The standard InChI is InChI=1S/C20H24N4O3/c1-13-18(20(26)22(2)3)24-9-8-23(11-17(24)21-13)19(25)15-10-14-6-4-5-7-16(14)27-12-15/h4-7,15H,8-12H2,1-3H3/t15-/m1/s1. The second kappa shape index (κ2) is 6.72. The van der Waals surface area contributed by atoms with Crippen molar-refractivity contribution in [2.24, 2.45) is 5.92 Å². The van der Waals surface area contributed by atoms with E-state index in [1.54, 1.807) is 19.0 Å². The maximum absolute atomic E-state index is 13.0. The van der Waals surface area contributed by atoms with E-state index in [9.17, 15) is 9.59 Å². The number of aryl methyl sites for hydroxylation is 1. The number of carbonyl (C=O) groups is 2. The monoisotopic (exact) mass is 368 g/mol. The van der Waals surface area contributed by atoms with Crippen molar-refractivity contribution < 1.29 is 14.3 Å². The molecule has 0 saturated heterocycles. The summed E-state index contributed by atoms with van der Waals surface area (Å²) in [5.41, 5.74) is 2.42. The Morgan fingerprint density at radius 2 is 2.00 bits per heavy atom. The molecule has 0 saturated carbocycles. The molecule has 2 aromatic rings. The molecule has 7 nitrogen and oxygen atoms in total. The third-order valence-corrected chi connectivity index (χ3v) is 5.30. The van der Waals surface area contributed by atoms with Gasteiger partial charge in [-0.15, -0.1) is 0 Å². The van der Waals surface area contributed by atoms with Gasteiger partial charge in [0.25, 0.3) is 5.91 Å². The predicted octanol–water partition coefficient (Wildman–Crippen LogP) is 1.49. The number of benzene rings is 1. The molecule has 0 fully saturated rings. The Balaban J connectivity index is 1.51. The van der Waals surface area contributed by atoms with E-state index in [4.69, 9.17) is 4.74 Å². The number of rotatable bonds is 2. The van der Waals surface area contributed by atoms with Crippen LogP contribution < -0.4 is 4.74 Å². The number of amides is 2. The van der Waals surface area contributed by atoms with Gasteiger partial charge < -0.3 is 19.1 Å². The Morgan fingerprint density at radius 3 is 2.78 bits per heavy atom. The van der Waals surface area contributed by atoms with Crippen LogP contribution in [-0.4, -0.2) is 58.4 Å². The fourth-order valence-electron chi connectivity index (χ4n) is 3.88. The normalized spacial score (nSPS) is 18.3. The first-order valence-electron chi connectivity index (χ1n) is 9.23. The van der Waals surface area contributed by atoms with Crippen molar-refractivity contribution in [3.63, 3.8) is 0 Å². The molecule has 2 aliphatic rings. The highest BCUT2D eigenvalue weighted by molar-refractivity contribution is 5.93. The molecule has 27 heavy (non-hydrogen) atoms. The second-order valence-corrected chi connectivity index (χ2v) is 7.39. The Bertz CT molecular complexity index is 903. The number of ether oxygens (including phenoxy) is 1. The molecule has 0 radical (unpaired) electrons. The number of carbonyl (C=O) groups excluding carboxylic acids is 2. The zero-order chi connectivity index (χ0) is 19.1. The number of hydrogen-bond acceptors (Lipinski definition) is 4. The van der Waals surface area contributed by atoms with Crippen LogP contribution in [0, 0.1) is 12.8 Å². The third-order valence-electron chi connectivity index (χ3n) is 5.30. The van der Waals surface area contributed by atoms with E-state index in [1.165, 1.54) is 0 Å². The first-order chi connectivity index (χ1) is 13.0. The van der Waals surface area contributed by atoms with Crippen LogP contribution in [0.5, 0.6) is 5.75 Å². The summed E-state index contributed by atoms with van der Waals surface area (Å²) >= 11 is 0. The summed E-state index contributed by atoms with van der Waals surface area (Å²) in [6.07, 6.45) is 0.698. The molecule has 0 spiro atoms. The van der Waals surface area contributed by atoms with Gasteiger partial charge in [-0.1, -0.05) is 18.2 Å². The molecule has 7 heteroatoms. The number of hydrogen-bond donors (Lipinski definition) is 0. The number of nitrogens with zero attached hydrogens (tertiary/aromatic N) is 4. The number of imidazole rings is 1. The van der Waals surface area contributed by atoms with Crippen LogP contribution in [0.15, 0.2) is 24.3 Å². The van der Waals surface area contributed by atoms with E-state index >= 15 is 0 Å². The van der Waals surface area contributed by atoms with Crippen LogP contribution >= 0.6 is 0 Å². The minimum atomic E-state index is -0.176. The highest BCUT2D eigenvalue weighted by atomic mass is 16.5. The van der Waals surface area contributed by atoms with Crippen molar-refractivity contribution in [3.8, 4) is 5.75 Å². The van der Waals surface area contributed by atoms with Crippen LogP contribution in [0.1, 0.15) is 27.6 Å². The smallest absolute Gasteiger partial charge is 0.271 e. The van der Waals surface area contributed by atoms with Gasteiger partial charge in [0.05, 0.1) is 18.2 Å². The van der Waals surface area contributed by atoms with Crippen molar-refractivity contribution in [1.82, 2.24) is 19.4 Å². The highest BCUT2D eigenvalue weighted by Gasteiger charge is 2.33. The Morgan fingerprint density at radius 1 is 1.22 bits per heavy atom. The van der Waals surface area contributed by atoms with Crippen molar-refractivity contribution in [2.75, 3.05) is 27.2 Å². The summed E-state index contributed by atoms with van der Waals surface area (Å²) in [5.74, 6) is 1.51. The summed E-state index contributed by atoms with van der Waals surface area (Å²) < 4.78 is 7.73. The molecule has 0 aliphatic carbocycles. The van der Waals surface area contributed by atoms with Crippen LogP contribution in [-0.2, 0) is 24.3 Å². The minimum Gasteiger partial charge on any atom is -0.492 e. The van der Waals surface area contributed by atoms with Crippen molar-refractivity contribution in [1.29, 1.82) is 0 Å². The molecule has 4 rings (SSSR count). The molecule has 3 heterocycles. The Kier molecular flexibility index (Phi) is 4.37. The first-order valence-corrected chi connectivity index (χ1v) is 9.23. The Hall–Kier alpha value is -2.83.